The molecule has 5 atom stereocenters. The van der Waals surface area contributed by atoms with E-state index in [9.17, 15) is 25.2 Å². The number of furan rings is 1. The zero-order valence-corrected chi connectivity index (χ0v) is 16.8. The van der Waals surface area contributed by atoms with E-state index >= 15 is 0 Å². The summed E-state index contributed by atoms with van der Waals surface area (Å²) in [6, 6.07) is 3.28. The van der Waals surface area contributed by atoms with Gasteiger partial charge in [0.25, 0.3) is 0 Å². The van der Waals surface area contributed by atoms with Crippen LogP contribution in [0.15, 0.2) is 25.8 Å². The first kappa shape index (κ1) is 21.0. The number of aryl methyl sites for hydroxylation is 3. The van der Waals surface area contributed by atoms with Crippen LogP contribution in [0.5, 0.6) is 0 Å². The van der Waals surface area contributed by atoms with E-state index in [0.717, 1.165) is 16.3 Å². The van der Waals surface area contributed by atoms with Gasteiger partial charge in [-0.3, -0.25) is 0 Å². The van der Waals surface area contributed by atoms with Gasteiger partial charge in [0.2, 0.25) is 0 Å². The second-order valence-electron chi connectivity index (χ2n) is 7.65. The molecule has 30 heavy (non-hydrogen) atoms. The molecule has 1 aliphatic heterocycles. The molecule has 1 fully saturated rings. The normalized spacial score (nSPS) is 27.2. The van der Waals surface area contributed by atoms with Crippen molar-refractivity contribution in [3.8, 4) is 0 Å². The molecule has 3 aromatic rings. The fraction of sp³-hybridized carbons (Fsp3) is 0.476. The van der Waals surface area contributed by atoms with Gasteiger partial charge >= 0.3 is 5.63 Å². The Morgan fingerprint density at radius 3 is 2.37 bits per heavy atom. The lowest BCUT2D eigenvalue weighted by molar-refractivity contribution is -0.304. The molecule has 4 N–H and O–H groups in total. The Morgan fingerprint density at radius 1 is 0.967 bits per heavy atom. The largest absolute Gasteiger partial charge is 0.461 e. The van der Waals surface area contributed by atoms with Gasteiger partial charge in [0.1, 0.15) is 41.3 Å². The highest BCUT2D eigenvalue weighted by Crippen LogP contribution is 2.35. The highest BCUT2D eigenvalue weighted by atomic mass is 16.7. The summed E-state index contributed by atoms with van der Waals surface area (Å²) in [5.41, 5.74) is 2.75. The summed E-state index contributed by atoms with van der Waals surface area (Å²) in [7, 11) is 0. The maximum Gasteiger partial charge on any atom is 0.336 e. The fourth-order valence-electron chi connectivity index (χ4n) is 3.90. The van der Waals surface area contributed by atoms with Gasteiger partial charge < -0.3 is 38.7 Å². The van der Waals surface area contributed by atoms with Crippen LogP contribution < -0.4 is 5.63 Å². The molecule has 0 aliphatic carbocycles. The quantitative estimate of drug-likeness (QED) is 0.450. The lowest BCUT2D eigenvalue weighted by Gasteiger charge is -2.39. The highest BCUT2D eigenvalue weighted by Gasteiger charge is 2.44. The maximum absolute atomic E-state index is 11.8. The van der Waals surface area contributed by atoms with Crippen LogP contribution in [-0.4, -0.2) is 57.7 Å². The van der Waals surface area contributed by atoms with Gasteiger partial charge in [0.05, 0.1) is 13.2 Å². The molecule has 0 amide bonds. The second-order valence-corrected chi connectivity index (χ2v) is 7.65. The molecular formula is C21H24O9. The molecule has 1 saturated heterocycles. The average Bonchev–Trinajstić information content (AvgIpc) is 3.02. The summed E-state index contributed by atoms with van der Waals surface area (Å²) < 4.78 is 22.3. The van der Waals surface area contributed by atoms with Crippen LogP contribution in [0.2, 0.25) is 0 Å². The number of benzene rings is 1. The van der Waals surface area contributed by atoms with E-state index in [1.165, 1.54) is 6.07 Å². The third kappa shape index (κ3) is 3.33. The molecule has 0 bridgehead atoms. The summed E-state index contributed by atoms with van der Waals surface area (Å²) in [6.07, 6.45) is -6.74. The Balaban J connectivity index is 1.70. The fourth-order valence-corrected chi connectivity index (χ4v) is 3.90. The summed E-state index contributed by atoms with van der Waals surface area (Å²) in [5, 5.41) is 40.9. The van der Waals surface area contributed by atoms with E-state index in [0.29, 0.717) is 28.1 Å². The lowest BCUT2D eigenvalue weighted by atomic mass is 9.99. The first-order chi connectivity index (χ1) is 14.2. The van der Waals surface area contributed by atoms with Gasteiger partial charge in [-0.25, -0.2) is 4.79 Å². The van der Waals surface area contributed by atoms with E-state index in [-0.39, 0.29) is 6.61 Å². The monoisotopic (exact) mass is 420 g/mol. The van der Waals surface area contributed by atoms with Crippen LogP contribution in [0.25, 0.3) is 21.9 Å². The molecule has 0 spiro atoms. The van der Waals surface area contributed by atoms with E-state index in [4.69, 9.17) is 18.3 Å². The third-order valence-electron chi connectivity index (χ3n) is 5.67. The van der Waals surface area contributed by atoms with Crippen LogP contribution in [0, 0.1) is 20.8 Å². The van der Waals surface area contributed by atoms with Gasteiger partial charge in [-0.05, 0) is 32.4 Å². The molecule has 9 heteroatoms. The summed E-state index contributed by atoms with van der Waals surface area (Å²) >= 11 is 0. The van der Waals surface area contributed by atoms with Crippen molar-refractivity contribution in [2.24, 2.45) is 0 Å². The topological polar surface area (TPSA) is 143 Å². The van der Waals surface area contributed by atoms with E-state index < -0.39 is 42.9 Å². The average molecular weight is 420 g/mol. The SMILES string of the molecule is Cc1oc2c(C)c3oc(=O)cc(C)c3cc2c1COC1OC(CO)C(O)C(O)C1O. The molecule has 0 saturated carbocycles. The summed E-state index contributed by atoms with van der Waals surface area (Å²) in [5.74, 6) is 0.577. The van der Waals surface area contributed by atoms with E-state index in [1.807, 2.05) is 13.0 Å². The number of ether oxygens (including phenoxy) is 2. The minimum Gasteiger partial charge on any atom is -0.461 e. The molecule has 5 unspecified atom stereocenters. The number of hydrogen-bond acceptors (Lipinski definition) is 9. The number of fused-ring (bicyclic) bond motifs is 2. The van der Waals surface area contributed by atoms with Crippen molar-refractivity contribution in [1.29, 1.82) is 0 Å². The van der Waals surface area contributed by atoms with Gasteiger partial charge in [-0.2, -0.15) is 0 Å². The Morgan fingerprint density at radius 2 is 1.67 bits per heavy atom. The molecule has 0 radical (unpaired) electrons. The molecule has 1 aromatic carbocycles. The molecular weight excluding hydrogens is 396 g/mol. The van der Waals surface area contributed by atoms with Crippen molar-refractivity contribution in [3.05, 3.63) is 45.0 Å². The molecule has 2 aromatic heterocycles. The van der Waals surface area contributed by atoms with Crippen LogP contribution in [0.4, 0.5) is 0 Å². The molecule has 4 rings (SSSR count). The van der Waals surface area contributed by atoms with Crippen molar-refractivity contribution in [2.45, 2.75) is 58.1 Å². The molecule has 3 heterocycles. The Bertz CT molecular complexity index is 1140. The number of aliphatic hydroxyl groups is 4. The molecule has 1 aliphatic rings. The standard InChI is InChI=1S/C21H24O9/c1-8-4-15(23)30-19-9(2)20-12(5-11(8)19)13(10(3)28-20)7-27-21-18(26)17(25)16(24)14(6-22)29-21/h4-5,14,16-18,21-22,24-26H,6-7H2,1-3H3. The lowest BCUT2D eigenvalue weighted by Crippen LogP contribution is -2.59. The predicted molar refractivity (Wildman–Crippen MR) is 105 cm³/mol. The summed E-state index contributed by atoms with van der Waals surface area (Å²) in [6.45, 7) is 4.84. The van der Waals surface area contributed by atoms with Crippen LogP contribution in [0.3, 0.4) is 0 Å². The first-order valence-electron chi connectivity index (χ1n) is 9.61. The third-order valence-corrected chi connectivity index (χ3v) is 5.67. The van der Waals surface area contributed by atoms with Crippen LogP contribution >= 0.6 is 0 Å². The first-order valence-corrected chi connectivity index (χ1v) is 9.61. The van der Waals surface area contributed by atoms with Crippen molar-refractivity contribution in [1.82, 2.24) is 0 Å². The Kier molecular flexibility index (Phi) is 5.43. The minimum atomic E-state index is -1.51. The van der Waals surface area contributed by atoms with Crippen molar-refractivity contribution >= 4 is 21.9 Å². The van der Waals surface area contributed by atoms with Crippen LogP contribution in [0.1, 0.15) is 22.5 Å². The summed E-state index contributed by atoms with van der Waals surface area (Å²) in [4.78, 5) is 11.8. The van der Waals surface area contributed by atoms with Crippen molar-refractivity contribution in [3.63, 3.8) is 0 Å². The highest BCUT2D eigenvalue weighted by molar-refractivity contribution is 5.99. The zero-order chi connectivity index (χ0) is 21.7. The predicted octanol–water partition coefficient (Wildman–Crippen LogP) is 0.781. The van der Waals surface area contributed by atoms with Gasteiger partial charge in [0, 0.05) is 28.0 Å². The van der Waals surface area contributed by atoms with Crippen molar-refractivity contribution < 1.29 is 38.7 Å². The van der Waals surface area contributed by atoms with E-state index in [1.54, 1.807) is 13.8 Å². The Hall–Kier alpha value is -2.27. The van der Waals surface area contributed by atoms with Crippen molar-refractivity contribution in [2.75, 3.05) is 6.61 Å². The van der Waals surface area contributed by atoms with Gasteiger partial charge in [-0.15, -0.1) is 0 Å². The van der Waals surface area contributed by atoms with Gasteiger partial charge in [0.15, 0.2) is 6.29 Å². The number of hydrogen-bond donors (Lipinski definition) is 4. The minimum absolute atomic E-state index is 0.0116. The zero-order valence-electron chi connectivity index (χ0n) is 16.8. The van der Waals surface area contributed by atoms with E-state index in [2.05, 4.69) is 0 Å². The van der Waals surface area contributed by atoms with Gasteiger partial charge in [-0.1, -0.05) is 0 Å². The second kappa shape index (κ2) is 7.77. The number of rotatable bonds is 4. The maximum atomic E-state index is 11.8. The Labute approximate surface area is 171 Å². The van der Waals surface area contributed by atoms with Crippen LogP contribution in [-0.2, 0) is 16.1 Å². The smallest absolute Gasteiger partial charge is 0.336 e. The number of aliphatic hydroxyl groups excluding tert-OH is 4. The molecule has 162 valence electrons. The molecule has 9 nitrogen and oxygen atoms in total.